The van der Waals surface area contributed by atoms with Crippen LogP contribution in [0.2, 0.25) is 0 Å². The van der Waals surface area contributed by atoms with Crippen LogP contribution in [0.1, 0.15) is 25.0 Å². The van der Waals surface area contributed by atoms with Crippen LogP contribution in [0.25, 0.3) is 99.1 Å². The second-order valence-corrected chi connectivity index (χ2v) is 16.1. The van der Waals surface area contributed by atoms with Crippen LogP contribution in [0.4, 0.5) is 0 Å². The molecule has 57 heavy (non-hydrogen) atoms. The van der Waals surface area contributed by atoms with Crippen molar-refractivity contribution < 1.29 is 0 Å². The first-order valence-corrected chi connectivity index (χ1v) is 19.9. The molecule has 0 unspecified atom stereocenters. The third-order valence-electron chi connectivity index (χ3n) is 12.7. The zero-order chi connectivity index (χ0) is 37.8. The van der Waals surface area contributed by atoms with Crippen molar-refractivity contribution in [2.45, 2.75) is 19.3 Å². The van der Waals surface area contributed by atoms with Gasteiger partial charge in [-0.05, 0) is 98.2 Å². The summed E-state index contributed by atoms with van der Waals surface area (Å²) in [7, 11) is 0. The van der Waals surface area contributed by atoms with E-state index in [1.165, 1.54) is 105 Å². The minimum atomic E-state index is -0.121. The fraction of sp³-hybridized carbons (Fsp3) is 0.0545. The lowest BCUT2D eigenvalue weighted by atomic mass is 9.82. The minimum Gasteiger partial charge on any atom is -0.309 e. The highest BCUT2D eigenvalue weighted by Gasteiger charge is 2.36. The number of benzene rings is 9. The maximum absolute atomic E-state index is 2.55. The predicted octanol–water partition coefficient (Wildman–Crippen LogP) is 14.7. The van der Waals surface area contributed by atoms with Gasteiger partial charge in [0, 0.05) is 38.2 Å². The van der Waals surface area contributed by atoms with Crippen molar-refractivity contribution in [1.82, 2.24) is 9.13 Å². The summed E-state index contributed by atoms with van der Waals surface area (Å²) >= 11 is 0. The average Bonchev–Trinajstić information content (AvgIpc) is 3.86. The van der Waals surface area contributed by atoms with E-state index in [0.717, 1.165) is 5.69 Å². The highest BCUT2D eigenvalue weighted by molar-refractivity contribution is 6.17. The fourth-order valence-electron chi connectivity index (χ4n) is 10.1. The van der Waals surface area contributed by atoms with Gasteiger partial charge in [-0.2, -0.15) is 0 Å². The first-order valence-electron chi connectivity index (χ1n) is 19.9. The standard InChI is InChI=1S/C55H38N2/c1-55(2)47-26-11-8-21-41(47)45-33-46-42-22-9-12-27-49(42)57(53(46)34-48(45)55)52-32-36(30-31-43(52)40-25-14-17-35-16-6-7-20-38(35)40)39-24-15-29-51-54(39)44-23-10-13-28-50(44)56(51)37-18-4-3-5-19-37/h3-34H,1-2H3. The molecule has 0 bridgehead atoms. The lowest BCUT2D eigenvalue weighted by Crippen LogP contribution is -2.15. The topological polar surface area (TPSA) is 9.86 Å². The first-order chi connectivity index (χ1) is 28.1. The Bertz CT molecular complexity index is 3420. The molecule has 0 spiro atoms. The summed E-state index contributed by atoms with van der Waals surface area (Å²) < 4.78 is 4.96. The normalized spacial score (nSPS) is 13.2. The summed E-state index contributed by atoms with van der Waals surface area (Å²) in [6.07, 6.45) is 0. The van der Waals surface area contributed by atoms with Crippen LogP contribution in [-0.2, 0) is 5.41 Å². The van der Waals surface area contributed by atoms with Gasteiger partial charge in [0.25, 0.3) is 0 Å². The van der Waals surface area contributed by atoms with E-state index in [1.54, 1.807) is 0 Å². The van der Waals surface area contributed by atoms with Crippen LogP contribution in [0.3, 0.4) is 0 Å². The molecular weight excluding hydrogens is 689 g/mol. The number of aromatic nitrogens is 2. The molecule has 1 aliphatic carbocycles. The Kier molecular flexibility index (Phi) is 6.72. The summed E-state index contributed by atoms with van der Waals surface area (Å²) in [5.41, 5.74) is 17.4. The van der Waals surface area contributed by atoms with Gasteiger partial charge in [0.1, 0.15) is 0 Å². The van der Waals surface area contributed by atoms with Gasteiger partial charge in [-0.1, -0.05) is 159 Å². The van der Waals surface area contributed by atoms with Gasteiger partial charge in [-0.3, -0.25) is 0 Å². The van der Waals surface area contributed by atoms with Crippen molar-refractivity contribution in [1.29, 1.82) is 0 Å². The van der Waals surface area contributed by atoms with Crippen LogP contribution in [-0.4, -0.2) is 9.13 Å². The maximum Gasteiger partial charge on any atom is 0.0547 e. The molecule has 268 valence electrons. The molecule has 0 N–H and O–H groups in total. The van der Waals surface area contributed by atoms with Crippen molar-refractivity contribution in [3.63, 3.8) is 0 Å². The lowest BCUT2D eigenvalue weighted by Gasteiger charge is -2.22. The third kappa shape index (κ3) is 4.53. The van der Waals surface area contributed by atoms with E-state index in [9.17, 15) is 0 Å². The summed E-state index contributed by atoms with van der Waals surface area (Å²) in [5, 5.41) is 7.54. The number of hydrogen-bond donors (Lipinski definition) is 0. The molecule has 9 aromatic carbocycles. The molecule has 0 saturated carbocycles. The third-order valence-corrected chi connectivity index (χ3v) is 12.7. The number of para-hydroxylation sites is 3. The van der Waals surface area contributed by atoms with Gasteiger partial charge in [0.2, 0.25) is 0 Å². The molecule has 2 heterocycles. The Morgan fingerprint density at radius 1 is 0.351 bits per heavy atom. The highest BCUT2D eigenvalue weighted by atomic mass is 15.0. The molecule has 0 atom stereocenters. The quantitative estimate of drug-likeness (QED) is 0.171. The zero-order valence-corrected chi connectivity index (χ0v) is 31.9. The molecular formula is C55H38N2. The van der Waals surface area contributed by atoms with Gasteiger partial charge >= 0.3 is 0 Å². The van der Waals surface area contributed by atoms with Gasteiger partial charge in [0.15, 0.2) is 0 Å². The van der Waals surface area contributed by atoms with Gasteiger partial charge in [0.05, 0.1) is 27.8 Å². The van der Waals surface area contributed by atoms with E-state index in [-0.39, 0.29) is 5.41 Å². The summed E-state index contributed by atoms with van der Waals surface area (Å²) in [5.74, 6) is 0. The Morgan fingerprint density at radius 3 is 1.84 bits per heavy atom. The SMILES string of the molecule is CC1(C)c2ccccc2-c2cc3c4ccccc4n(-c4cc(-c5cccc6c5c5ccccc5n6-c5ccccc5)ccc4-c4cccc5ccccc45)c3cc21. The van der Waals surface area contributed by atoms with Crippen LogP contribution >= 0.6 is 0 Å². The van der Waals surface area contributed by atoms with Crippen LogP contribution < -0.4 is 0 Å². The van der Waals surface area contributed by atoms with E-state index < -0.39 is 0 Å². The number of hydrogen-bond acceptors (Lipinski definition) is 0. The predicted molar refractivity (Wildman–Crippen MR) is 241 cm³/mol. The molecule has 2 aromatic heterocycles. The maximum atomic E-state index is 2.55. The second-order valence-electron chi connectivity index (χ2n) is 16.1. The van der Waals surface area contributed by atoms with E-state index >= 15 is 0 Å². The Hall–Kier alpha value is -7.16. The summed E-state index contributed by atoms with van der Waals surface area (Å²) in [4.78, 5) is 0. The molecule has 0 aliphatic heterocycles. The number of fused-ring (bicyclic) bond motifs is 10. The largest absolute Gasteiger partial charge is 0.309 e. The van der Waals surface area contributed by atoms with Crippen LogP contribution in [0, 0.1) is 0 Å². The van der Waals surface area contributed by atoms with Crippen molar-refractivity contribution in [2.75, 3.05) is 0 Å². The smallest absolute Gasteiger partial charge is 0.0547 e. The van der Waals surface area contributed by atoms with Crippen LogP contribution in [0.15, 0.2) is 194 Å². The fourth-order valence-corrected chi connectivity index (χ4v) is 10.1. The Labute approximate surface area is 331 Å². The van der Waals surface area contributed by atoms with Crippen molar-refractivity contribution in [3.8, 4) is 44.8 Å². The second kappa shape index (κ2) is 11.9. The first kappa shape index (κ1) is 32.1. The average molecular weight is 727 g/mol. The van der Waals surface area contributed by atoms with Crippen molar-refractivity contribution in [3.05, 3.63) is 205 Å². The van der Waals surface area contributed by atoms with Crippen LogP contribution in [0.5, 0.6) is 0 Å². The highest BCUT2D eigenvalue weighted by Crippen LogP contribution is 2.51. The molecule has 2 nitrogen and oxygen atoms in total. The Morgan fingerprint density at radius 2 is 0.982 bits per heavy atom. The van der Waals surface area contributed by atoms with Crippen molar-refractivity contribution >= 4 is 54.4 Å². The van der Waals surface area contributed by atoms with E-state index in [1.807, 2.05) is 0 Å². The molecule has 0 fully saturated rings. The molecule has 12 rings (SSSR count). The number of rotatable bonds is 4. The van der Waals surface area contributed by atoms with Crippen molar-refractivity contribution in [2.24, 2.45) is 0 Å². The van der Waals surface area contributed by atoms with Gasteiger partial charge in [-0.15, -0.1) is 0 Å². The Balaban J connectivity index is 1.20. The van der Waals surface area contributed by atoms with E-state index in [2.05, 4.69) is 217 Å². The monoisotopic (exact) mass is 726 g/mol. The molecule has 1 aliphatic rings. The summed E-state index contributed by atoms with van der Waals surface area (Å²) in [6.45, 7) is 4.76. The van der Waals surface area contributed by atoms with Gasteiger partial charge < -0.3 is 9.13 Å². The molecule has 0 radical (unpaired) electrons. The molecule has 0 saturated heterocycles. The van der Waals surface area contributed by atoms with E-state index in [4.69, 9.17) is 0 Å². The minimum absolute atomic E-state index is 0.121. The number of nitrogens with zero attached hydrogens (tertiary/aromatic N) is 2. The zero-order valence-electron chi connectivity index (χ0n) is 31.9. The molecule has 0 amide bonds. The molecule has 11 aromatic rings. The molecule has 2 heteroatoms. The summed E-state index contributed by atoms with van der Waals surface area (Å²) in [6, 6.07) is 71.9. The lowest BCUT2D eigenvalue weighted by molar-refractivity contribution is 0.661. The van der Waals surface area contributed by atoms with Gasteiger partial charge in [-0.25, -0.2) is 0 Å². The van der Waals surface area contributed by atoms with E-state index in [0.29, 0.717) is 0 Å².